The number of benzene rings is 1. The minimum atomic E-state index is -0.566. The molecule has 0 saturated carbocycles. The maximum atomic E-state index is 11.2. The minimum Gasteiger partial charge on any atom is -0.369 e. The van der Waals surface area contributed by atoms with Crippen LogP contribution in [-0.2, 0) is 9.59 Å². The number of primary amides is 2. The van der Waals surface area contributed by atoms with Crippen LogP contribution in [0.3, 0.4) is 0 Å². The highest BCUT2D eigenvalue weighted by Crippen LogP contribution is 2.29. The van der Waals surface area contributed by atoms with Crippen molar-refractivity contribution in [2.45, 2.75) is 19.0 Å². The Labute approximate surface area is 122 Å². The van der Waals surface area contributed by atoms with E-state index in [4.69, 9.17) is 28.8 Å². The van der Waals surface area contributed by atoms with Crippen molar-refractivity contribution in [3.63, 3.8) is 0 Å². The number of halogens is 1. The number of carbonyl (C=O) groups excluding carboxylic acids is 2. The molecule has 2 atom stereocenters. The molecule has 20 heavy (non-hydrogen) atoms. The third-order valence-corrected chi connectivity index (χ3v) is 3.18. The van der Waals surface area contributed by atoms with Gasteiger partial charge >= 0.3 is 0 Å². The topological polar surface area (TPSA) is 115 Å². The molecule has 0 saturated heterocycles. The van der Waals surface area contributed by atoms with Gasteiger partial charge in [0.05, 0.1) is 19.1 Å². The summed E-state index contributed by atoms with van der Waals surface area (Å²) in [5, 5.41) is 0.508. The molecule has 0 aromatic heterocycles. The molecule has 0 aliphatic rings. The molecule has 2 unspecified atom stereocenters. The smallest absolute Gasteiger partial charge is 0.231 e. The predicted molar refractivity (Wildman–Crippen MR) is 77.8 cm³/mol. The highest BCUT2D eigenvalue weighted by Gasteiger charge is 2.28. The van der Waals surface area contributed by atoms with Crippen LogP contribution < -0.4 is 17.2 Å². The van der Waals surface area contributed by atoms with Crippen LogP contribution in [0.5, 0.6) is 0 Å². The van der Waals surface area contributed by atoms with Crippen molar-refractivity contribution in [3.05, 3.63) is 34.9 Å². The average molecular weight is 299 g/mol. The molecule has 7 heteroatoms. The molecular weight excluding hydrogens is 280 g/mol. The molecule has 6 N–H and O–H groups in total. The molecule has 110 valence electrons. The second-order valence-electron chi connectivity index (χ2n) is 4.66. The van der Waals surface area contributed by atoms with Gasteiger partial charge in [-0.05, 0) is 18.6 Å². The van der Waals surface area contributed by atoms with E-state index in [1.807, 2.05) is 6.07 Å². The molecule has 0 spiro atoms. The SMILES string of the molecule is CC(N)C(c1ccccc1Cl)N(CC(N)=O)CC(N)=O. The van der Waals surface area contributed by atoms with Gasteiger partial charge in [-0.15, -0.1) is 0 Å². The largest absolute Gasteiger partial charge is 0.369 e. The molecule has 6 nitrogen and oxygen atoms in total. The van der Waals surface area contributed by atoms with Crippen molar-refractivity contribution < 1.29 is 9.59 Å². The van der Waals surface area contributed by atoms with E-state index >= 15 is 0 Å². The van der Waals surface area contributed by atoms with Gasteiger partial charge in [0.15, 0.2) is 0 Å². The molecule has 1 rings (SSSR count). The van der Waals surface area contributed by atoms with E-state index in [0.29, 0.717) is 5.02 Å². The first-order valence-electron chi connectivity index (χ1n) is 6.13. The Morgan fingerprint density at radius 3 is 2.10 bits per heavy atom. The number of amides is 2. The second-order valence-corrected chi connectivity index (χ2v) is 5.07. The van der Waals surface area contributed by atoms with Crippen LogP contribution in [0.2, 0.25) is 5.02 Å². The van der Waals surface area contributed by atoms with E-state index in [1.54, 1.807) is 25.1 Å². The summed E-state index contributed by atoms with van der Waals surface area (Å²) in [4.78, 5) is 23.9. The maximum absolute atomic E-state index is 11.2. The normalized spacial score (nSPS) is 14.0. The zero-order valence-corrected chi connectivity index (χ0v) is 12.0. The highest BCUT2D eigenvalue weighted by molar-refractivity contribution is 6.31. The summed E-state index contributed by atoms with van der Waals surface area (Å²) in [6.07, 6.45) is 0. The molecule has 0 aliphatic heterocycles. The predicted octanol–water partition coefficient (Wildman–Crippen LogP) is 0.000900. The Kier molecular flexibility index (Phi) is 5.94. The van der Waals surface area contributed by atoms with Gasteiger partial charge in [-0.25, -0.2) is 0 Å². The van der Waals surface area contributed by atoms with E-state index < -0.39 is 17.9 Å². The molecule has 0 aliphatic carbocycles. The van der Waals surface area contributed by atoms with Crippen LogP contribution in [-0.4, -0.2) is 35.8 Å². The molecule has 0 bridgehead atoms. The monoisotopic (exact) mass is 298 g/mol. The lowest BCUT2D eigenvalue weighted by molar-refractivity contribution is -0.123. The number of hydrogen-bond acceptors (Lipinski definition) is 4. The summed E-state index contributed by atoms with van der Waals surface area (Å²) in [6.45, 7) is 1.52. The Balaban J connectivity index is 3.17. The van der Waals surface area contributed by atoms with Crippen LogP contribution >= 0.6 is 11.6 Å². The fourth-order valence-electron chi connectivity index (χ4n) is 2.18. The first-order valence-corrected chi connectivity index (χ1v) is 6.51. The third kappa shape index (κ3) is 4.48. The molecule has 2 amide bonds. The summed E-state index contributed by atoms with van der Waals surface area (Å²) >= 11 is 6.17. The number of nitrogens with two attached hydrogens (primary N) is 3. The van der Waals surface area contributed by atoms with Crippen LogP contribution in [0, 0.1) is 0 Å². The minimum absolute atomic E-state index is 0.125. The van der Waals surface area contributed by atoms with Gasteiger partial charge in [0.25, 0.3) is 0 Å². The van der Waals surface area contributed by atoms with E-state index in [9.17, 15) is 9.59 Å². The third-order valence-electron chi connectivity index (χ3n) is 2.83. The van der Waals surface area contributed by atoms with Crippen LogP contribution in [0.15, 0.2) is 24.3 Å². The Morgan fingerprint density at radius 1 is 1.20 bits per heavy atom. The van der Waals surface area contributed by atoms with Crippen LogP contribution in [0.25, 0.3) is 0 Å². The summed E-state index contributed by atoms with van der Waals surface area (Å²) in [5.74, 6) is -1.13. The fourth-order valence-corrected chi connectivity index (χ4v) is 2.43. The average Bonchev–Trinajstić information content (AvgIpc) is 2.29. The standard InChI is InChI=1S/C13H19ClN4O2/c1-8(15)13(9-4-2-3-5-10(9)14)18(6-11(16)19)7-12(17)20/h2-5,8,13H,6-7,15H2,1H3,(H2,16,19)(H2,17,20). The first-order chi connectivity index (χ1) is 9.32. The summed E-state index contributed by atoms with van der Waals surface area (Å²) in [5.41, 5.74) is 17.1. The highest BCUT2D eigenvalue weighted by atomic mass is 35.5. The summed E-state index contributed by atoms with van der Waals surface area (Å²) in [7, 11) is 0. The molecule has 0 fully saturated rings. The van der Waals surface area contributed by atoms with Gasteiger partial charge in [-0.2, -0.15) is 0 Å². The summed E-state index contributed by atoms with van der Waals surface area (Å²) < 4.78 is 0. The zero-order chi connectivity index (χ0) is 15.3. The second kappa shape index (κ2) is 7.23. The lowest BCUT2D eigenvalue weighted by Gasteiger charge is -2.33. The quantitative estimate of drug-likeness (QED) is 0.657. The van der Waals surface area contributed by atoms with E-state index in [0.717, 1.165) is 5.56 Å². The molecular formula is C13H19ClN4O2. The Morgan fingerprint density at radius 2 is 1.70 bits per heavy atom. The number of hydrogen-bond donors (Lipinski definition) is 3. The van der Waals surface area contributed by atoms with E-state index in [1.165, 1.54) is 4.90 Å². The number of rotatable bonds is 7. The first kappa shape index (κ1) is 16.4. The lowest BCUT2D eigenvalue weighted by Crippen LogP contribution is -2.47. The van der Waals surface area contributed by atoms with Gasteiger partial charge in [0, 0.05) is 11.1 Å². The number of nitrogens with zero attached hydrogens (tertiary/aromatic N) is 1. The van der Waals surface area contributed by atoms with Crippen molar-refractivity contribution in [2.75, 3.05) is 13.1 Å². The Bertz CT molecular complexity index is 477. The Hall–Kier alpha value is -1.63. The summed E-state index contributed by atoms with van der Waals surface area (Å²) in [6, 6.07) is 6.32. The van der Waals surface area contributed by atoms with Gasteiger partial charge in [0.1, 0.15) is 0 Å². The molecule has 0 heterocycles. The van der Waals surface area contributed by atoms with E-state index in [-0.39, 0.29) is 19.1 Å². The molecule has 1 aromatic carbocycles. The van der Waals surface area contributed by atoms with E-state index in [2.05, 4.69) is 0 Å². The van der Waals surface area contributed by atoms with Crippen LogP contribution in [0.4, 0.5) is 0 Å². The van der Waals surface area contributed by atoms with Gasteiger partial charge in [-0.1, -0.05) is 29.8 Å². The fraction of sp³-hybridized carbons (Fsp3) is 0.385. The zero-order valence-electron chi connectivity index (χ0n) is 11.3. The molecule has 0 radical (unpaired) electrons. The van der Waals surface area contributed by atoms with Crippen LogP contribution in [0.1, 0.15) is 18.5 Å². The van der Waals surface area contributed by atoms with Gasteiger partial charge < -0.3 is 17.2 Å². The maximum Gasteiger partial charge on any atom is 0.231 e. The van der Waals surface area contributed by atoms with Crippen molar-refractivity contribution in [2.24, 2.45) is 17.2 Å². The van der Waals surface area contributed by atoms with Crippen molar-refractivity contribution in [1.29, 1.82) is 0 Å². The molecule has 1 aromatic rings. The lowest BCUT2D eigenvalue weighted by atomic mass is 9.99. The van der Waals surface area contributed by atoms with Crippen molar-refractivity contribution in [1.82, 2.24) is 4.90 Å². The van der Waals surface area contributed by atoms with Crippen molar-refractivity contribution >= 4 is 23.4 Å². The number of carbonyl (C=O) groups is 2. The van der Waals surface area contributed by atoms with Crippen molar-refractivity contribution in [3.8, 4) is 0 Å². The van der Waals surface area contributed by atoms with Gasteiger partial charge in [0.2, 0.25) is 11.8 Å². The van der Waals surface area contributed by atoms with Gasteiger partial charge in [-0.3, -0.25) is 14.5 Å².